The molecule has 1 aliphatic carbocycles. The lowest BCUT2D eigenvalue weighted by Gasteiger charge is -2.50. The number of hydrogen-bond acceptors (Lipinski definition) is 5. The standard InChI is InChI=1S/C32H34Cl2N2O6S/c1-20(2)27(19-35(25-9-4-3-5-10-25)43(40,41)26-15-16-26)36-30(21-11-13-23(33)14-12-21)31(22-7-6-8-24(34)17-22)42-28(32(36)39)18-29(37)38/h3-14,17,20,26-28,30-31H,15-16,18-19H2,1-2H3,(H,37,38)/t27-,28-,30-,31-/m1/s1. The van der Waals surface area contributed by atoms with Gasteiger partial charge in [-0.2, -0.15) is 0 Å². The first-order chi connectivity index (χ1) is 20.5. The van der Waals surface area contributed by atoms with Crippen molar-refractivity contribution in [3.05, 3.63) is 100 Å². The van der Waals surface area contributed by atoms with E-state index < -0.39 is 57.9 Å². The molecule has 4 atom stereocenters. The zero-order valence-corrected chi connectivity index (χ0v) is 26.2. The highest BCUT2D eigenvalue weighted by molar-refractivity contribution is 7.93. The molecule has 5 rings (SSSR count). The van der Waals surface area contributed by atoms with Crippen LogP contribution in [0.3, 0.4) is 0 Å². The van der Waals surface area contributed by atoms with Crippen molar-refractivity contribution in [1.29, 1.82) is 0 Å². The van der Waals surface area contributed by atoms with Gasteiger partial charge in [-0.05, 0) is 66.3 Å². The van der Waals surface area contributed by atoms with Crippen molar-refractivity contribution in [2.45, 2.75) is 62.7 Å². The highest BCUT2D eigenvalue weighted by Gasteiger charge is 2.50. The Kier molecular flexibility index (Phi) is 9.37. The van der Waals surface area contributed by atoms with Gasteiger partial charge in [0.1, 0.15) is 12.2 Å². The molecule has 1 aliphatic heterocycles. The van der Waals surface area contributed by atoms with Crippen LogP contribution in [0.4, 0.5) is 5.69 Å². The second-order valence-electron chi connectivity index (χ2n) is 11.4. The van der Waals surface area contributed by atoms with E-state index in [4.69, 9.17) is 27.9 Å². The highest BCUT2D eigenvalue weighted by Crippen LogP contribution is 2.46. The van der Waals surface area contributed by atoms with Crippen molar-refractivity contribution < 1.29 is 27.9 Å². The maximum absolute atomic E-state index is 14.3. The van der Waals surface area contributed by atoms with Crippen LogP contribution in [0, 0.1) is 5.92 Å². The number of carbonyl (C=O) groups excluding carboxylic acids is 1. The zero-order valence-electron chi connectivity index (χ0n) is 23.8. The van der Waals surface area contributed by atoms with Crippen molar-refractivity contribution in [1.82, 2.24) is 4.90 Å². The Balaban J connectivity index is 1.67. The molecular formula is C32H34Cl2N2O6S. The third kappa shape index (κ3) is 6.85. The molecule has 1 saturated heterocycles. The molecule has 228 valence electrons. The van der Waals surface area contributed by atoms with E-state index in [0.717, 1.165) is 0 Å². The predicted molar refractivity (Wildman–Crippen MR) is 167 cm³/mol. The molecule has 2 fully saturated rings. The summed E-state index contributed by atoms with van der Waals surface area (Å²) in [6.07, 6.45) is -1.48. The van der Waals surface area contributed by atoms with Crippen molar-refractivity contribution in [3.8, 4) is 0 Å². The number of ether oxygens (including phenoxy) is 1. The Bertz CT molecular complexity index is 1560. The number of morpholine rings is 1. The molecule has 1 heterocycles. The number of sulfonamides is 1. The number of benzene rings is 3. The highest BCUT2D eigenvalue weighted by atomic mass is 35.5. The molecule has 1 amide bonds. The van der Waals surface area contributed by atoms with Crippen molar-refractivity contribution in [3.63, 3.8) is 0 Å². The molecule has 0 aromatic heterocycles. The zero-order chi connectivity index (χ0) is 30.9. The number of para-hydroxylation sites is 1. The van der Waals surface area contributed by atoms with E-state index in [1.54, 1.807) is 71.6 Å². The summed E-state index contributed by atoms with van der Waals surface area (Å²) in [4.78, 5) is 27.9. The second kappa shape index (κ2) is 12.9. The average Bonchev–Trinajstić information content (AvgIpc) is 3.82. The summed E-state index contributed by atoms with van der Waals surface area (Å²) in [6.45, 7) is 3.85. The summed E-state index contributed by atoms with van der Waals surface area (Å²) in [7, 11) is -3.72. The van der Waals surface area contributed by atoms with Gasteiger partial charge in [-0.1, -0.05) is 79.5 Å². The maximum atomic E-state index is 14.3. The molecule has 0 bridgehead atoms. The van der Waals surface area contributed by atoms with Crippen LogP contribution >= 0.6 is 23.2 Å². The number of carboxylic acid groups (broad SMARTS) is 1. The molecule has 3 aromatic carbocycles. The number of aliphatic carboxylic acids is 1. The van der Waals surface area contributed by atoms with Gasteiger partial charge in [0, 0.05) is 10.0 Å². The summed E-state index contributed by atoms with van der Waals surface area (Å²) < 4.78 is 35.4. The number of carboxylic acids is 1. The smallest absolute Gasteiger partial charge is 0.306 e. The van der Waals surface area contributed by atoms with Crippen LogP contribution < -0.4 is 4.31 Å². The Morgan fingerprint density at radius 3 is 2.23 bits per heavy atom. The minimum Gasteiger partial charge on any atom is -0.481 e. The van der Waals surface area contributed by atoms with Crippen molar-refractivity contribution >= 4 is 50.8 Å². The lowest BCUT2D eigenvalue weighted by atomic mass is 9.88. The van der Waals surface area contributed by atoms with Gasteiger partial charge in [0.25, 0.3) is 5.91 Å². The molecular weight excluding hydrogens is 611 g/mol. The van der Waals surface area contributed by atoms with E-state index >= 15 is 0 Å². The van der Waals surface area contributed by atoms with Crippen molar-refractivity contribution in [2.75, 3.05) is 10.8 Å². The SMILES string of the molecule is CC(C)[C@@H](CN(c1ccccc1)S(=O)(=O)C1CC1)N1C(=O)[C@@H](CC(=O)O)O[C@H](c2cccc(Cl)c2)[C@H]1c1ccc(Cl)cc1. The van der Waals surface area contributed by atoms with Crippen LogP contribution in [0.5, 0.6) is 0 Å². The van der Waals surface area contributed by atoms with E-state index in [1.807, 2.05) is 26.0 Å². The molecule has 2 aliphatic rings. The van der Waals surface area contributed by atoms with Crippen molar-refractivity contribution in [2.24, 2.45) is 5.92 Å². The number of nitrogens with zero attached hydrogens (tertiary/aromatic N) is 2. The summed E-state index contributed by atoms with van der Waals surface area (Å²) in [6, 6.07) is 21.6. The Labute approximate surface area is 262 Å². The van der Waals surface area contributed by atoms with Gasteiger partial charge in [-0.25, -0.2) is 8.42 Å². The number of carbonyl (C=O) groups is 2. The summed E-state index contributed by atoms with van der Waals surface area (Å²) >= 11 is 12.6. The largest absolute Gasteiger partial charge is 0.481 e. The first-order valence-electron chi connectivity index (χ1n) is 14.2. The molecule has 0 radical (unpaired) electrons. The molecule has 11 heteroatoms. The number of halogens is 2. The lowest BCUT2D eigenvalue weighted by molar-refractivity contribution is -0.184. The number of rotatable bonds is 11. The summed E-state index contributed by atoms with van der Waals surface area (Å²) in [5.41, 5.74) is 1.88. The van der Waals surface area contributed by atoms with E-state index in [-0.39, 0.29) is 12.5 Å². The van der Waals surface area contributed by atoms with E-state index in [0.29, 0.717) is 39.7 Å². The Hall–Kier alpha value is -3.11. The summed E-state index contributed by atoms with van der Waals surface area (Å²) in [5.74, 6) is -1.92. The van der Waals surface area contributed by atoms with Crippen LogP contribution in [-0.2, 0) is 24.3 Å². The van der Waals surface area contributed by atoms with Gasteiger partial charge in [-0.15, -0.1) is 0 Å². The van der Waals surface area contributed by atoms with Gasteiger partial charge in [-0.3, -0.25) is 13.9 Å². The van der Waals surface area contributed by atoms with Gasteiger partial charge >= 0.3 is 5.97 Å². The average molecular weight is 646 g/mol. The van der Waals surface area contributed by atoms with E-state index in [1.165, 1.54) is 4.31 Å². The molecule has 3 aromatic rings. The van der Waals surface area contributed by atoms with Crippen LogP contribution in [0.25, 0.3) is 0 Å². The fourth-order valence-electron chi connectivity index (χ4n) is 5.65. The number of anilines is 1. The second-order valence-corrected chi connectivity index (χ2v) is 14.4. The molecule has 43 heavy (non-hydrogen) atoms. The summed E-state index contributed by atoms with van der Waals surface area (Å²) in [5, 5.41) is 10.2. The fourth-order valence-corrected chi connectivity index (χ4v) is 7.84. The maximum Gasteiger partial charge on any atom is 0.306 e. The first kappa shape index (κ1) is 31.3. The first-order valence-corrected chi connectivity index (χ1v) is 16.5. The van der Waals surface area contributed by atoms with Crippen LogP contribution in [-0.4, -0.2) is 54.2 Å². The molecule has 0 spiro atoms. The van der Waals surface area contributed by atoms with Crippen LogP contribution in [0.2, 0.25) is 10.0 Å². The predicted octanol–water partition coefficient (Wildman–Crippen LogP) is 6.50. The lowest BCUT2D eigenvalue weighted by Crippen LogP contribution is -2.59. The monoisotopic (exact) mass is 644 g/mol. The fraction of sp³-hybridized carbons (Fsp3) is 0.375. The molecule has 8 nitrogen and oxygen atoms in total. The minimum atomic E-state index is -3.72. The van der Waals surface area contributed by atoms with E-state index in [2.05, 4.69) is 0 Å². The molecule has 1 N–H and O–H groups in total. The number of amides is 1. The van der Waals surface area contributed by atoms with Crippen LogP contribution in [0.15, 0.2) is 78.9 Å². The van der Waals surface area contributed by atoms with Gasteiger partial charge in [0.15, 0.2) is 0 Å². The number of hydrogen-bond donors (Lipinski definition) is 1. The normalized spacial score (nSPS) is 21.6. The van der Waals surface area contributed by atoms with Crippen LogP contribution in [0.1, 0.15) is 56.4 Å². The molecule has 0 unspecified atom stereocenters. The third-order valence-corrected chi connectivity index (χ3v) is 10.7. The van der Waals surface area contributed by atoms with E-state index in [9.17, 15) is 23.1 Å². The quantitative estimate of drug-likeness (QED) is 0.255. The van der Waals surface area contributed by atoms with Gasteiger partial charge < -0.3 is 14.7 Å². The van der Waals surface area contributed by atoms with Gasteiger partial charge in [0.2, 0.25) is 10.0 Å². The Morgan fingerprint density at radius 2 is 1.65 bits per heavy atom. The molecule has 1 saturated carbocycles. The minimum absolute atomic E-state index is 0.0155. The Morgan fingerprint density at radius 1 is 0.977 bits per heavy atom. The topological polar surface area (TPSA) is 104 Å². The third-order valence-electron chi connectivity index (χ3n) is 7.95. The van der Waals surface area contributed by atoms with Gasteiger partial charge in [0.05, 0.1) is 36.0 Å².